The van der Waals surface area contributed by atoms with Gasteiger partial charge in [0.05, 0.1) is 12.6 Å². The van der Waals surface area contributed by atoms with Gasteiger partial charge in [-0.25, -0.2) is 0 Å². The molecule has 3 N–H and O–H groups in total. The number of rotatable bonds is 3. The molecular weight excluding hydrogens is 232 g/mol. The number of carbonyl (C=O) groups is 2. The zero-order valence-corrected chi connectivity index (χ0v) is 10.1. The van der Waals surface area contributed by atoms with Gasteiger partial charge in [0.25, 0.3) is 0 Å². The summed E-state index contributed by atoms with van der Waals surface area (Å²) in [6.45, 7) is 2.42. The van der Waals surface area contributed by atoms with Crippen molar-refractivity contribution in [1.29, 1.82) is 0 Å². The van der Waals surface area contributed by atoms with E-state index in [1.807, 2.05) is 19.1 Å². The molecule has 1 aromatic heterocycles. The van der Waals surface area contributed by atoms with Gasteiger partial charge in [0.15, 0.2) is 0 Å². The van der Waals surface area contributed by atoms with Crippen molar-refractivity contribution in [3.63, 3.8) is 0 Å². The summed E-state index contributed by atoms with van der Waals surface area (Å²) < 4.78 is 0. The van der Waals surface area contributed by atoms with Crippen molar-refractivity contribution in [2.75, 3.05) is 13.1 Å². The molecule has 0 aliphatic carbocycles. The van der Waals surface area contributed by atoms with Gasteiger partial charge in [-0.3, -0.25) is 19.9 Å². The Morgan fingerprint density at radius 3 is 2.83 bits per heavy atom. The molecular formula is C12H16N4O2. The standard InChI is InChI=1S/C12H16N4O2/c1-8(9-2-4-13-5-3-9)16-12(18)10-6-15-11(17)7-14-10/h2-5,8,10,14H,6-7H2,1H3,(H,15,17)(H,16,18). The summed E-state index contributed by atoms with van der Waals surface area (Å²) in [5.41, 5.74) is 0.998. The Bertz CT molecular complexity index is 425. The van der Waals surface area contributed by atoms with Crippen molar-refractivity contribution in [1.82, 2.24) is 20.9 Å². The van der Waals surface area contributed by atoms with Crippen molar-refractivity contribution in [2.24, 2.45) is 0 Å². The molecule has 6 nitrogen and oxygen atoms in total. The topological polar surface area (TPSA) is 83.1 Å². The first-order valence-electron chi connectivity index (χ1n) is 5.87. The highest BCUT2D eigenvalue weighted by Crippen LogP contribution is 2.10. The van der Waals surface area contributed by atoms with Crippen LogP contribution in [0, 0.1) is 0 Å². The molecule has 2 amide bonds. The summed E-state index contributed by atoms with van der Waals surface area (Å²) in [7, 11) is 0. The van der Waals surface area contributed by atoms with Crippen molar-refractivity contribution < 1.29 is 9.59 Å². The van der Waals surface area contributed by atoms with Gasteiger partial charge in [-0.05, 0) is 24.6 Å². The molecule has 0 radical (unpaired) electrons. The fraction of sp³-hybridized carbons (Fsp3) is 0.417. The number of hydrogen-bond acceptors (Lipinski definition) is 4. The van der Waals surface area contributed by atoms with Crippen LogP contribution in [0.15, 0.2) is 24.5 Å². The fourth-order valence-corrected chi connectivity index (χ4v) is 1.80. The second kappa shape index (κ2) is 5.59. The van der Waals surface area contributed by atoms with Gasteiger partial charge in [0.2, 0.25) is 11.8 Å². The van der Waals surface area contributed by atoms with Crippen molar-refractivity contribution >= 4 is 11.8 Å². The number of piperazine rings is 1. The average molecular weight is 248 g/mol. The molecule has 1 aliphatic heterocycles. The Morgan fingerprint density at radius 1 is 1.50 bits per heavy atom. The molecule has 0 spiro atoms. The van der Waals surface area contributed by atoms with Crippen LogP contribution in [-0.4, -0.2) is 35.9 Å². The SMILES string of the molecule is CC(NC(=O)C1CNC(=O)CN1)c1ccncc1. The first kappa shape index (κ1) is 12.5. The number of hydrogen-bond donors (Lipinski definition) is 3. The molecule has 96 valence electrons. The predicted molar refractivity (Wildman–Crippen MR) is 65.6 cm³/mol. The van der Waals surface area contributed by atoms with Crippen LogP contribution < -0.4 is 16.0 Å². The maximum Gasteiger partial charge on any atom is 0.239 e. The Hall–Kier alpha value is -1.95. The van der Waals surface area contributed by atoms with Gasteiger partial charge in [-0.15, -0.1) is 0 Å². The average Bonchev–Trinajstić information content (AvgIpc) is 2.40. The van der Waals surface area contributed by atoms with Crippen LogP contribution in [0.2, 0.25) is 0 Å². The lowest BCUT2D eigenvalue weighted by atomic mass is 10.1. The van der Waals surface area contributed by atoms with Gasteiger partial charge >= 0.3 is 0 Å². The van der Waals surface area contributed by atoms with E-state index in [0.29, 0.717) is 6.54 Å². The van der Waals surface area contributed by atoms with Gasteiger partial charge < -0.3 is 10.6 Å². The molecule has 6 heteroatoms. The first-order chi connectivity index (χ1) is 8.66. The van der Waals surface area contributed by atoms with Crippen LogP contribution in [0.5, 0.6) is 0 Å². The molecule has 0 aromatic carbocycles. The van der Waals surface area contributed by atoms with Crippen molar-refractivity contribution in [2.45, 2.75) is 19.0 Å². The molecule has 2 heterocycles. The number of carbonyl (C=O) groups excluding carboxylic acids is 2. The molecule has 2 rings (SSSR count). The van der Waals surface area contributed by atoms with E-state index in [0.717, 1.165) is 5.56 Å². The van der Waals surface area contributed by atoms with E-state index in [1.54, 1.807) is 12.4 Å². The molecule has 2 unspecified atom stereocenters. The van der Waals surface area contributed by atoms with Gasteiger partial charge in [0, 0.05) is 18.9 Å². The quantitative estimate of drug-likeness (QED) is 0.663. The molecule has 0 bridgehead atoms. The van der Waals surface area contributed by atoms with Crippen molar-refractivity contribution in [3.05, 3.63) is 30.1 Å². The number of amides is 2. The minimum atomic E-state index is -0.369. The highest BCUT2D eigenvalue weighted by Gasteiger charge is 2.24. The highest BCUT2D eigenvalue weighted by atomic mass is 16.2. The Kier molecular flexibility index (Phi) is 3.88. The number of nitrogens with zero attached hydrogens (tertiary/aromatic N) is 1. The minimum Gasteiger partial charge on any atom is -0.353 e. The summed E-state index contributed by atoms with van der Waals surface area (Å²) >= 11 is 0. The molecule has 0 saturated carbocycles. The largest absolute Gasteiger partial charge is 0.353 e. The fourth-order valence-electron chi connectivity index (χ4n) is 1.80. The lowest BCUT2D eigenvalue weighted by Crippen LogP contribution is -2.58. The molecule has 1 aromatic rings. The van der Waals surface area contributed by atoms with E-state index in [4.69, 9.17) is 0 Å². The number of nitrogens with one attached hydrogen (secondary N) is 3. The molecule has 1 saturated heterocycles. The first-order valence-corrected chi connectivity index (χ1v) is 5.87. The zero-order chi connectivity index (χ0) is 13.0. The zero-order valence-electron chi connectivity index (χ0n) is 10.1. The van der Waals surface area contributed by atoms with Crippen molar-refractivity contribution in [3.8, 4) is 0 Å². The monoisotopic (exact) mass is 248 g/mol. The molecule has 1 fully saturated rings. The third-order valence-corrected chi connectivity index (χ3v) is 2.89. The Labute approximate surface area is 105 Å². The van der Waals surface area contributed by atoms with Gasteiger partial charge in [-0.1, -0.05) is 0 Å². The third kappa shape index (κ3) is 3.04. The molecule has 1 aliphatic rings. The maximum absolute atomic E-state index is 11.9. The minimum absolute atomic E-state index is 0.0822. The Balaban J connectivity index is 1.89. The number of aromatic nitrogens is 1. The second-order valence-electron chi connectivity index (χ2n) is 4.25. The summed E-state index contributed by atoms with van der Waals surface area (Å²) in [6.07, 6.45) is 3.38. The highest BCUT2D eigenvalue weighted by molar-refractivity contribution is 5.86. The van der Waals surface area contributed by atoms with E-state index in [2.05, 4.69) is 20.9 Å². The van der Waals surface area contributed by atoms with Crippen LogP contribution in [0.4, 0.5) is 0 Å². The van der Waals surface area contributed by atoms with Crippen LogP contribution in [0.25, 0.3) is 0 Å². The van der Waals surface area contributed by atoms with E-state index in [9.17, 15) is 9.59 Å². The van der Waals surface area contributed by atoms with E-state index >= 15 is 0 Å². The van der Waals surface area contributed by atoms with Crippen LogP contribution in [-0.2, 0) is 9.59 Å². The second-order valence-corrected chi connectivity index (χ2v) is 4.25. The van der Waals surface area contributed by atoms with Gasteiger partial charge in [-0.2, -0.15) is 0 Å². The normalized spacial score (nSPS) is 20.9. The summed E-state index contributed by atoms with van der Waals surface area (Å²) in [5, 5.41) is 8.44. The maximum atomic E-state index is 11.9. The molecule has 18 heavy (non-hydrogen) atoms. The summed E-state index contributed by atoms with van der Waals surface area (Å²) in [6, 6.07) is 3.27. The van der Waals surface area contributed by atoms with E-state index in [1.165, 1.54) is 0 Å². The number of pyridine rings is 1. The lowest BCUT2D eigenvalue weighted by Gasteiger charge is -2.25. The van der Waals surface area contributed by atoms with Gasteiger partial charge in [0.1, 0.15) is 6.04 Å². The smallest absolute Gasteiger partial charge is 0.239 e. The molecule has 2 atom stereocenters. The summed E-state index contributed by atoms with van der Waals surface area (Å²) in [4.78, 5) is 26.8. The van der Waals surface area contributed by atoms with E-state index < -0.39 is 0 Å². The van der Waals surface area contributed by atoms with Crippen LogP contribution in [0.1, 0.15) is 18.5 Å². The van der Waals surface area contributed by atoms with E-state index in [-0.39, 0.29) is 30.4 Å². The predicted octanol–water partition coefficient (Wildman–Crippen LogP) is -0.653. The summed E-state index contributed by atoms with van der Waals surface area (Å²) in [5.74, 6) is -0.194. The van der Waals surface area contributed by atoms with Crippen LogP contribution >= 0.6 is 0 Å². The lowest BCUT2D eigenvalue weighted by molar-refractivity contribution is -0.127. The third-order valence-electron chi connectivity index (χ3n) is 2.89. The van der Waals surface area contributed by atoms with Crippen LogP contribution in [0.3, 0.4) is 0 Å². The Morgan fingerprint density at radius 2 is 2.22 bits per heavy atom.